The summed E-state index contributed by atoms with van der Waals surface area (Å²) in [6.07, 6.45) is 4.10. The van der Waals surface area contributed by atoms with Gasteiger partial charge in [0.2, 0.25) is 0 Å². The number of hydrogen-bond acceptors (Lipinski definition) is 1. The molecular formula is C14H17Br3O. The summed E-state index contributed by atoms with van der Waals surface area (Å²) in [4.78, 5) is 0.414. The van der Waals surface area contributed by atoms with Crippen molar-refractivity contribution in [2.75, 3.05) is 6.61 Å². The van der Waals surface area contributed by atoms with Crippen molar-refractivity contribution in [3.05, 3.63) is 32.7 Å². The van der Waals surface area contributed by atoms with E-state index in [9.17, 15) is 0 Å². The summed E-state index contributed by atoms with van der Waals surface area (Å²) in [6, 6.07) is 6.33. The van der Waals surface area contributed by atoms with Crippen LogP contribution in [0.25, 0.3) is 0 Å². The van der Waals surface area contributed by atoms with Crippen LogP contribution in [0, 0.1) is 5.92 Å². The van der Waals surface area contributed by atoms with Crippen molar-refractivity contribution < 1.29 is 4.74 Å². The number of hydrogen-bond donors (Lipinski definition) is 0. The molecule has 1 nitrogen and oxygen atoms in total. The second-order valence-electron chi connectivity index (χ2n) is 4.78. The molecule has 0 radical (unpaired) electrons. The summed E-state index contributed by atoms with van der Waals surface area (Å²) in [5.74, 6) is 0.789. The van der Waals surface area contributed by atoms with Crippen LogP contribution >= 0.6 is 47.8 Å². The second-order valence-corrected chi connectivity index (χ2v) is 7.66. The highest BCUT2D eigenvalue weighted by Crippen LogP contribution is 2.42. The van der Waals surface area contributed by atoms with Crippen molar-refractivity contribution in [3.63, 3.8) is 0 Å². The van der Waals surface area contributed by atoms with Crippen LogP contribution in [0.1, 0.15) is 36.6 Å². The van der Waals surface area contributed by atoms with E-state index in [2.05, 4.69) is 72.9 Å². The quantitative estimate of drug-likeness (QED) is 0.521. The van der Waals surface area contributed by atoms with Crippen LogP contribution in [0.4, 0.5) is 0 Å². The first kappa shape index (κ1) is 15.0. The highest BCUT2D eigenvalue weighted by Gasteiger charge is 2.31. The van der Waals surface area contributed by atoms with Crippen LogP contribution in [0.5, 0.6) is 0 Å². The van der Waals surface area contributed by atoms with Gasteiger partial charge < -0.3 is 4.74 Å². The van der Waals surface area contributed by atoms with Gasteiger partial charge in [-0.1, -0.05) is 47.8 Å². The molecule has 0 aromatic heterocycles. The molecule has 18 heavy (non-hydrogen) atoms. The Balaban J connectivity index is 1.89. The Morgan fingerprint density at radius 2 is 2.06 bits per heavy atom. The Kier molecular flexibility index (Phi) is 5.73. The minimum Gasteiger partial charge on any atom is -0.378 e. The molecule has 0 aliphatic heterocycles. The first-order valence-corrected chi connectivity index (χ1v) is 8.81. The van der Waals surface area contributed by atoms with E-state index < -0.39 is 0 Å². The number of benzene rings is 1. The van der Waals surface area contributed by atoms with Gasteiger partial charge in [0, 0.05) is 20.4 Å². The second kappa shape index (κ2) is 6.87. The van der Waals surface area contributed by atoms with Crippen LogP contribution in [0.3, 0.4) is 0 Å². The van der Waals surface area contributed by atoms with Gasteiger partial charge in [0.15, 0.2) is 0 Å². The van der Waals surface area contributed by atoms with Crippen molar-refractivity contribution >= 4 is 47.8 Å². The number of rotatable bonds is 5. The van der Waals surface area contributed by atoms with Crippen molar-refractivity contribution in [1.29, 1.82) is 0 Å². The average Bonchev–Trinajstić information content (AvgIpc) is 2.29. The topological polar surface area (TPSA) is 9.23 Å². The first-order valence-electron chi connectivity index (χ1n) is 6.30. The summed E-state index contributed by atoms with van der Waals surface area (Å²) in [5.41, 5.74) is 1.32. The Labute approximate surface area is 134 Å². The summed E-state index contributed by atoms with van der Waals surface area (Å²) in [7, 11) is 0. The molecule has 1 aromatic rings. The molecule has 1 aliphatic carbocycles. The van der Waals surface area contributed by atoms with Gasteiger partial charge in [0.05, 0.1) is 6.10 Å². The lowest BCUT2D eigenvalue weighted by Crippen LogP contribution is -2.31. The zero-order valence-corrected chi connectivity index (χ0v) is 15.1. The predicted octanol–water partition coefficient (Wildman–Crippen LogP) is 5.85. The largest absolute Gasteiger partial charge is 0.378 e. The summed E-state index contributed by atoms with van der Waals surface area (Å²) < 4.78 is 7.91. The van der Waals surface area contributed by atoms with Gasteiger partial charge in [-0.15, -0.1) is 0 Å². The molecule has 1 saturated carbocycles. The fourth-order valence-electron chi connectivity index (χ4n) is 2.41. The lowest BCUT2D eigenvalue weighted by atomic mass is 9.78. The molecule has 4 heteroatoms. The zero-order valence-electron chi connectivity index (χ0n) is 10.3. The third-order valence-corrected chi connectivity index (χ3v) is 5.51. The molecule has 0 saturated heterocycles. The highest BCUT2D eigenvalue weighted by molar-refractivity contribution is 9.11. The van der Waals surface area contributed by atoms with Crippen molar-refractivity contribution in [2.24, 2.45) is 5.92 Å². The van der Waals surface area contributed by atoms with Crippen LogP contribution < -0.4 is 0 Å². The van der Waals surface area contributed by atoms with E-state index in [4.69, 9.17) is 4.74 Å². The van der Waals surface area contributed by atoms with E-state index >= 15 is 0 Å². The third-order valence-electron chi connectivity index (χ3n) is 3.43. The standard InChI is InChI=1S/C14H17Br3O/c1-2-18-11-5-9(6-11)7-14(17)12-8-10(15)3-4-13(12)16/h3-4,8-9,11,14H,2,5-7H2,1H3. The Hall–Kier alpha value is 0.620. The molecule has 0 spiro atoms. The average molecular weight is 441 g/mol. The zero-order chi connectivity index (χ0) is 13.1. The van der Waals surface area contributed by atoms with E-state index in [0.29, 0.717) is 10.9 Å². The van der Waals surface area contributed by atoms with Crippen LogP contribution in [-0.4, -0.2) is 12.7 Å². The minimum absolute atomic E-state index is 0.414. The van der Waals surface area contributed by atoms with Crippen LogP contribution in [-0.2, 0) is 4.74 Å². The molecule has 0 amide bonds. The van der Waals surface area contributed by atoms with E-state index in [1.807, 2.05) is 0 Å². The Morgan fingerprint density at radius 3 is 2.72 bits per heavy atom. The Bertz CT molecular complexity index is 402. The molecule has 2 rings (SSSR count). The lowest BCUT2D eigenvalue weighted by Gasteiger charge is -2.36. The van der Waals surface area contributed by atoms with E-state index in [-0.39, 0.29) is 0 Å². The summed E-state index contributed by atoms with van der Waals surface area (Å²) in [5, 5.41) is 0. The van der Waals surface area contributed by atoms with Crippen LogP contribution in [0.2, 0.25) is 0 Å². The fraction of sp³-hybridized carbons (Fsp3) is 0.571. The monoisotopic (exact) mass is 438 g/mol. The SMILES string of the molecule is CCOC1CC(CC(Br)c2cc(Br)ccc2Br)C1. The fourth-order valence-corrected chi connectivity index (χ4v) is 4.53. The van der Waals surface area contributed by atoms with Crippen LogP contribution in [0.15, 0.2) is 27.1 Å². The highest BCUT2D eigenvalue weighted by atomic mass is 79.9. The maximum Gasteiger partial charge on any atom is 0.0580 e. The van der Waals surface area contributed by atoms with Crippen molar-refractivity contribution in [2.45, 2.75) is 37.1 Å². The van der Waals surface area contributed by atoms with E-state index in [1.54, 1.807) is 0 Å². The molecule has 1 aromatic carbocycles. The van der Waals surface area contributed by atoms with Gasteiger partial charge in [0.1, 0.15) is 0 Å². The maximum atomic E-state index is 5.61. The molecule has 1 fully saturated rings. The maximum absolute atomic E-state index is 5.61. The number of halogens is 3. The normalized spacial score (nSPS) is 24.7. The van der Waals surface area contributed by atoms with Gasteiger partial charge in [-0.05, 0) is 55.9 Å². The lowest BCUT2D eigenvalue weighted by molar-refractivity contribution is -0.0264. The molecule has 0 heterocycles. The predicted molar refractivity (Wildman–Crippen MR) is 86.3 cm³/mol. The molecule has 0 N–H and O–H groups in total. The summed E-state index contributed by atoms with van der Waals surface area (Å²) in [6.45, 7) is 2.91. The minimum atomic E-state index is 0.414. The van der Waals surface area contributed by atoms with Gasteiger partial charge in [-0.2, -0.15) is 0 Å². The molecule has 1 aliphatic rings. The van der Waals surface area contributed by atoms with Gasteiger partial charge in [0.25, 0.3) is 0 Å². The van der Waals surface area contributed by atoms with Crippen molar-refractivity contribution in [3.8, 4) is 0 Å². The smallest absolute Gasteiger partial charge is 0.0580 e. The molecule has 1 unspecified atom stereocenters. The van der Waals surface area contributed by atoms with Gasteiger partial charge >= 0.3 is 0 Å². The number of ether oxygens (including phenoxy) is 1. The molecule has 1 atom stereocenters. The van der Waals surface area contributed by atoms with E-state index in [1.165, 1.54) is 29.3 Å². The molecule has 0 bridgehead atoms. The number of alkyl halides is 1. The third kappa shape index (κ3) is 3.81. The van der Waals surface area contributed by atoms with Crippen molar-refractivity contribution in [1.82, 2.24) is 0 Å². The summed E-state index contributed by atoms with van der Waals surface area (Å²) >= 11 is 11.0. The van der Waals surface area contributed by atoms with Gasteiger partial charge in [-0.25, -0.2) is 0 Å². The molecular weight excluding hydrogens is 424 g/mol. The van der Waals surface area contributed by atoms with E-state index in [0.717, 1.165) is 17.0 Å². The first-order chi connectivity index (χ1) is 8.60. The molecule has 100 valence electrons. The van der Waals surface area contributed by atoms with Gasteiger partial charge in [-0.3, -0.25) is 0 Å². The Morgan fingerprint density at radius 1 is 1.33 bits per heavy atom.